The summed E-state index contributed by atoms with van der Waals surface area (Å²) in [6.45, 7) is 2.71. The highest BCUT2D eigenvalue weighted by Crippen LogP contribution is 2.32. The van der Waals surface area contributed by atoms with Crippen LogP contribution in [0.5, 0.6) is 5.75 Å². The van der Waals surface area contributed by atoms with Crippen molar-refractivity contribution in [1.29, 1.82) is 0 Å². The van der Waals surface area contributed by atoms with Crippen molar-refractivity contribution in [2.24, 2.45) is 0 Å². The van der Waals surface area contributed by atoms with Gasteiger partial charge < -0.3 is 10.1 Å². The van der Waals surface area contributed by atoms with Crippen LogP contribution in [0.25, 0.3) is 23.0 Å². The molecule has 0 aliphatic heterocycles. The molecule has 0 bridgehead atoms. The van der Waals surface area contributed by atoms with Crippen LogP contribution >= 0.6 is 0 Å². The molecular weight excluding hydrogens is 434 g/mol. The van der Waals surface area contributed by atoms with Crippen LogP contribution in [-0.4, -0.2) is 15.4 Å². The predicted molar refractivity (Wildman–Crippen MR) is 140 cm³/mol. The standard InChI is InChI=1S/C30H25N3O2/c1-22-10-9-19-33-29(22)32-28(30(33)31-21-24-13-6-3-7-14-24)25-15-8-16-26(20-25)35-27(34)18-17-23-11-4-2-5-12-23/h2-20,31H,21H2,1H3. The number of anilines is 1. The molecule has 0 unspecified atom stereocenters. The van der Waals surface area contributed by atoms with Gasteiger partial charge in [0.15, 0.2) is 0 Å². The predicted octanol–water partition coefficient (Wildman–Crippen LogP) is 6.54. The largest absolute Gasteiger partial charge is 0.423 e. The van der Waals surface area contributed by atoms with Crippen molar-refractivity contribution in [3.05, 3.63) is 126 Å². The van der Waals surface area contributed by atoms with E-state index in [2.05, 4.69) is 21.9 Å². The highest BCUT2D eigenvalue weighted by molar-refractivity contribution is 5.89. The number of aryl methyl sites for hydroxylation is 1. The van der Waals surface area contributed by atoms with Crippen molar-refractivity contribution >= 4 is 23.5 Å². The van der Waals surface area contributed by atoms with E-state index < -0.39 is 5.97 Å². The topological polar surface area (TPSA) is 55.6 Å². The lowest BCUT2D eigenvalue weighted by Crippen LogP contribution is -2.04. The number of rotatable bonds is 7. The van der Waals surface area contributed by atoms with Gasteiger partial charge in [-0.3, -0.25) is 4.40 Å². The Kier molecular flexibility index (Phi) is 6.39. The fourth-order valence-corrected chi connectivity index (χ4v) is 3.94. The Balaban J connectivity index is 1.43. The molecule has 0 fully saturated rings. The van der Waals surface area contributed by atoms with Crippen LogP contribution in [-0.2, 0) is 11.3 Å². The Bertz CT molecular complexity index is 1490. The molecule has 0 aliphatic carbocycles. The number of hydrogen-bond donors (Lipinski definition) is 1. The van der Waals surface area contributed by atoms with Gasteiger partial charge in [0.1, 0.15) is 22.9 Å². The molecule has 5 nitrogen and oxygen atoms in total. The first-order valence-electron chi connectivity index (χ1n) is 11.5. The molecular formula is C30H25N3O2. The maximum atomic E-state index is 12.4. The average Bonchev–Trinajstić information content (AvgIpc) is 3.28. The molecule has 2 aromatic heterocycles. The van der Waals surface area contributed by atoms with Gasteiger partial charge in [0.2, 0.25) is 0 Å². The maximum absolute atomic E-state index is 12.4. The average molecular weight is 460 g/mol. The number of aromatic nitrogens is 2. The van der Waals surface area contributed by atoms with E-state index in [0.717, 1.165) is 33.8 Å². The van der Waals surface area contributed by atoms with Crippen LogP contribution in [0.4, 0.5) is 5.82 Å². The van der Waals surface area contributed by atoms with Crippen LogP contribution in [0.15, 0.2) is 109 Å². The van der Waals surface area contributed by atoms with Gasteiger partial charge in [-0.1, -0.05) is 78.9 Å². The molecule has 1 N–H and O–H groups in total. The number of pyridine rings is 1. The van der Waals surface area contributed by atoms with Crippen molar-refractivity contribution in [1.82, 2.24) is 9.38 Å². The Morgan fingerprint density at radius 2 is 1.71 bits per heavy atom. The van der Waals surface area contributed by atoms with E-state index in [1.165, 1.54) is 11.6 Å². The van der Waals surface area contributed by atoms with Crippen LogP contribution in [0.1, 0.15) is 16.7 Å². The molecule has 35 heavy (non-hydrogen) atoms. The summed E-state index contributed by atoms with van der Waals surface area (Å²) in [5.74, 6) is 0.923. The van der Waals surface area contributed by atoms with Gasteiger partial charge in [0.25, 0.3) is 0 Å². The Morgan fingerprint density at radius 1 is 0.943 bits per heavy atom. The minimum atomic E-state index is -0.431. The van der Waals surface area contributed by atoms with E-state index in [-0.39, 0.29) is 0 Å². The van der Waals surface area contributed by atoms with Crippen LogP contribution in [0, 0.1) is 6.92 Å². The zero-order valence-corrected chi connectivity index (χ0v) is 19.4. The number of esters is 1. The summed E-state index contributed by atoms with van der Waals surface area (Å²) in [5, 5.41) is 3.56. The van der Waals surface area contributed by atoms with Gasteiger partial charge in [-0.15, -0.1) is 0 Å². The summed E-state index contributed by atoms with van der Waals surface area (Å²) in [5.41, 5.74) is 5.73. The number of carbonyl (C=O) groups excluding carboxylic acids is 1. The molecule has 0 saturated carbocycles. The van der Waals surface area contributed by atoms with Crippen molar-refractivity contribution in [3.63, 3.8) is 0 Å². The molecule has 172 valence electrons. The number of ether oxygens (including phenoxy) is 1. The Hall–Kier alpha value is -4.64. The Morgan fingerprint density at radius 3 is 2.51 bits per heavy atom. The summed E-state index contributed by atoms with van der Waals surface area (Å²) in [6.07, 6.45) is 5.18. The number of nitrogens with zero attached hydrogens (tertiary/aromatic N) is 2. The van der Waals surface area contributed by atoms with Gasteiger partial charge in [-0.2, -0.15) is 0 Å². The lowest BCUT2D eigenvalue weighted by Gasteiger charge is -2.10. The lowest BCUT2D eigenvalue weighted by atomic mass is 10.1. The smallest absolute Gasteiger partial charge is 0.336 e. The number of hydrogen-bond acceptors (Lipinski definition) is 4. The first-order chi connectivity index (χ1) is 17.2. The van der Waals surface area contributed by atoms with E-state index in [1.54, 1.807) is 12.1 Å². The zero-order valence-electron chi connectivity index (χ0n) is 19.4. The third-order valence-electron chi connectivity index (χ3n) is 5.69. The second-order valence-corrected chi connectivity index (χ2v) is 8.23. The lowest BCUT2D eigenvalue weighted by molar-refractivity contribution is -0.128. The van der Waals surface area contributed by atoms with Gasteiger partial charge >= 0.3 is 5.97 Å². The molecule has 0 aliphatic rings. The summed E-state index contributed by atoms with van der Waals surface area (Å²) in [7, 11) is 0. The monoisotopic (exact) mass is 459 g/mol. The normalized spacial score (nSPS) is 11.1. The van der Waals surface area contributed by atoms with Gasteiger partial charge in [0, 0.05) is 24.4 Å². The van der Waals surface area contributed by atoms with E-state index in [0.29, 0.717) is 12.3 Å². The minimum absolute atomic E-state index is 0.431. The third kappa shape index (κ3) is 5.14. The second-order valence-electron chi connectivity index (χ2n) is 8.23. The van der Waals surface area contributed by atoms with Crippen LogP contribution in [0.3, 0.4) is 0 Å². The fourth-order valence-electron chi connectivity index (χ4n) is 3.94. The summed E-state index contributed by atoms with van der Waals surface area (Å²) in [6, 6.07) is 31.4. The van der Waals surface area contributed by atoms with Crippen molar-refractivity contribution < 1.29 is 9.53 Å². The van der Waals surface area contributed by atoms with Gasteiger partial charge in [-0.05, 0) is 47.9 Å². The zero-order chi connectivity index (χ0) is 24.0. The number of imidazole rings is 1. The molecule has 0 atom stereocenters. The quantitative estimate of drug-likeness (QED) is 0.171. The van der Waals surface area contributed by atoms with E-state index in [9.17, 15) is 4.79 Å². The molecule has 0 amide bonds. The van der Waals surface area contributed by atoms with Crippen molar-refractivity contribution in [3.8, 4) is 17.0 Å². The van der Waals surface area contributed by atoms with Crippen molar-refractivity contribution in [2.45, 2.75) is 13.5 Å². The molecule has 5 heteroatoms. The molecule has 0 spiro atoms. The van der Waals surface area contributed by atoms with E-state index >= 15 is 0 Å². The first-order valence-corrected chi connectivity index (χ1v) is 11.5. The van der Waals surface area contributed by atoms with Crippen LogP contribution in [0.2, 0.25) is 0 Å². The van der Waals surface area contributed by atoms with Crippen molar-refractivity contribution in [2.75, 3.05) is 5.32 Å². The van der Waals surface area contributed by atoms with E-state index in [1.807, 2.05) is 92.0 Å². The molecule has 2 heterocycles. The minimum Gasteiger partial charge on any atom is -0.423 e. The highest BCUT2D eigenvalue weighted by Gasteiger charge is 2.16. The highest BCUT2D eigenvalue weighted by atomic mass is 16.5. The maximum Gasteiger partial charge on any atom is 0.336 e. The molecule has 0 saturated heterocycles. The van der Waals surface area contributed by atoms with E-state index in [4.69, 9.17) is 9.72 Å². The van der Waals surface area contributed by atoms with Gasteiger partial charge in [0.05, 0.1) is 0 Å². The number of benzene rings is 3. The second kappa shape index (κ2) is 10.1. The number of carbonyl (C=O) groups is 1. The molecule has 5 aromatic rings. The molecule has 3 aromatic carbocycles. The molecule has 0 radical (unpaired) electrons. The SMILES string of the molecule is Cc1cccn2c(NCc3ccccc3)c(-c3cccc(OC(=O)C=Cc4ccccc4)c3)nc12. The number of nitrogens with one attached hydrogen (secondary N) is 1. The third-order valence-corrected chi connectivity index (χ3v) is 5.69. The van der Waals surface area contributed by atoms with Crippen LogP contribution < -0.4 is 10.1 Å². The van der Waals surface area contributed by atoms with Gasteiger partial charge in [-0.25, -0.2) is 9.78 Å². The summed E-state index contributed by atoms with van der Waals surface area (Å²) >= 11 is 0. The Labute approximate surface area is 204 Å². The summed E-state index contributed by atoms with van der Waals surface area (Å²) in [4.78, 5) is 17.3. The molecule has 5 rings (SSSR count). The summed E-state index contributed by atoms with van der Waals surface area (Å²) < 4.78 is 7.65. The first kappa shape index (κ1) is 22.2. The fraction of sp³-hybridized carbons (Fsp3) is 0.0667. The number of fused-ring (bicyclic) bond motifs is 1.